The number of hydrogen-bond acceptors (Lipinski definition) is 3. The molecule has 4 nitrogen and oxygen atoms in total. The molecule has 0 bridgehead atoms. The summed E-state index contributed by atoms with van der Waals surface area (Å²) in [5.41, 5.74) is -0.456. The molecule has 5 heteroatoms. The molecule has 0 unspecified atom stereocenters. The molecular formula is C14H16ClN3O. The number of hydrogen-bond donors (Lipinski definition) is 1. The number of pyridine rings is 1. The molecule has 1 aromatic rings. The number of halogens is 1. The standard InChI is InChI=1S/C14H16ClN3O/c1-10-4-6-14(9-16,7-5-10)18-13(19)12-3-2-11(15)8-17-12/h2-3,8,10H,4-7H2,1H3,(H,18,19). The topological polar surface area (TPSA) is 65.8 Å². The molecule has 1 amide bonds. The number of amides is 1. The fourth-order valence-electron chi connectivity index (χ4n) is 2.31. The molecule has 0 atom stereocenters. The molecule has 1 heterocycles. The Morgan fingerprint density at radius 2 is 2.21 bits per heavy atom. The quantitative estimate of drug-likeness (QED) is 0.904. The largest absolute Gasteiger partial charge is 0.332 e. The van der Waals surface area contributed by atoms with Crippen LogP contribution in [0.15, 0.2) is 18.3 Å². The van der Waals surface area contributed by atoms with Gasteiger partial charge in [-0.3, -0.25) is 4.79 Å². The first-order valence-corrected chi connectivity index (χ1v) is 6.78. The summed E-state index contributed by atoms with van der Waals surface area (Å²) in [5, 5.41) is 12.7. The van der Waals surface area contributed by atoms with Gasteiger partial charge in [0.2, 0.25) is 0 Å². The van der Waals surface area contributed by atoms with E-state index in [0.717, 1.165) is 12.8 Å². The Balaban J connectivity index is 2.09. The second kappa shape index (κ2) is 5.58. The Labute approximate surface area is 117 Å². The third-order valence-electron chi connectivity index (χ3n) is 3.65. The van der Waals surface area contributed by atoms with Gasteiger partial charge < -0.3 is 5.32 Å². The molecule has 0 saturated heterocycles. The molecule has 0 aliphatic heterocycles. The number of nitrogens with zero attached hydrogens (tertiary/aromatic N) is 2. The summed E-state index contributed by atoms with van der Waals surface area (Å²) in [6.07, 6.45) is 4.75. The van der Waals surface area contributed by atoms with Gasteiger partial charge in [0.05, 0.1) is 11.1 Å². The van der Waals surface area contributed by atoms with Crippen LogP contribution in [0, 0.1) is 17.2 Å². The second-order valence-corrected chi connectivity index (χ2v) is 5.63. The molecule has 19 heavy (non-hydrogen) atoms. The van der Waals surface area contributed by atoms with E-state index in [-0.39, 0.29) is 11.6 Å². The summed E-state index contributed by atoms with van der Waals surface area (Å²) in [6, 6.07) is 5.44. The van der Waals surface area contributed by atoms with Crippen molar-refractivity contribution in [3.63, 3.8) is 0 Å². The summed E-state index contributed by atoms with van der Waals surface area (Å²) in [4.78, 5) is 16.1. The van der Waals surface area contributed by atoms with E-state index in [1.54, 1.807) is 12.1 Å². The molecule has 1 N–H and O–H groups in total. The molecule has 0 radical (unpaired) electrons. The Morgan fingerprint density at radius 3 is 2.74 bits per heavy atom. The smallest absolute Gasteiger partial charge is 0.271 e. The first kappa shape index (κ1) is 13.8. The second-order valence-electron chi connectivity index (χ2n) is 5.19. The van der Waals surface area contributed by atoms with E-state index in [1.807, 2.05) is 0 Å². The van der Waals surface area contributed by atoms with Crippen LogP contribution in [0.2, 0.25) is 5.02 Å². The van der Waals surface area contributed by atoms with Crippen LogP contribution in [0.4, 0.5) is 0 Å². The molecule has 0 spiro atoms. The van der Waals surface area contributed by atoms with Crippen molar-refractivity contribution in [2.45, 2.75) is 38.1 Å². The number of carbonyl (C=O) groups excluding carboxylic acids is 1. The van der Waals surface area contributed by atoms with Crippen molar-refractivity contribution in [3.05, 3.63) is 29.0 Å². The highest BCUT2D eigenvalue weighted by molar-refractivity contribution is 6.30. The van der Waals surface area contributed by atoms with E-state index in [2.05, 4.69) is 23.3 Å². The summed E-state index contributed by atoms with van der Waals surface area (Å²) >= 11 is 5.73. The number of carbonyl (C=O) groups is 1. The number of aromatic nitrogens is 1. The van der Waals surface area contributed by atoms with Gasteiger partial charge in [-0.15, -0.1) is 0 Å². The van der Waals surface area contributed by atoms with Gasteiger partial charge in [0.1, 0.15) is 11.2 Å². The lowest BCUT2D eigenvalue weighted by Crippen LogP contribution is -2.49. The predicted octanol–water partition coefficient (Wildman–Crippen LogP) is 2.94. The fraction of sp³-hybridized carbons (Fsp3) is 0.500. The molecule has 1 aliphatic rings. The maximum Gasteiger partial charge on any atom is 0.271 e. The van der Waals surface area contributed by atoms with Crippen LogP contribution in [0.25, 0.3) is 0 Å². The van der Waals surface area contributed by atoms with E-state index < -0.39 is 5.54 Å². The van der Waals surface area contributed by atoms with Crippen LogP contribution in [-0.4, -0.2) is 16.4 Å². The molecular weight excluding hydrogens is 262 g/mol. The maximum atomic E-state index is 12.1. The number of nitriles is 1. The minimum absolute atomic E-state index is 0.289. The van der Waals surface area contributed by atoms with Crippen LogP contribution in [0.1, 0.15) is 43.1 Å². The van der Waals surface area contributed by atoms with Gasteiger partial charge in [-0.2, -0.15) is 5.26 Å². The van der Waals surface area contributed by atoms with Gasteiger partial charge in [-0.1, -0.05) is 18.5 Å². The van der Waals surface area contributed by atoms with Crippen molar-refractivity contribution in [3.8, 4) is 6.07 Å². The summed E-state index contributed by atoms with van der Waals surface area (Å²) in [5.74, 6) is 0.305. The fourth-order valence-corrected chi connectivity index (χ4v) is 2.42. The average Bonchev–Trinajstić information content (AvgIpc) is 2.42. The van der Waals surface area contributed by atoms with Gasteiger partial charge in [0.15, 0.2) is 0 Å². The third kappa shape index (κ3) is 3.24. The Morgan fingerprint density at radius 1 is 1.53 bits per heavy atom. The third-order valence-corrected chi connectivity index (χ3v) is 3.88. The number of nitrogens with one attached hydrogen (secondary N) is 1. The summed E-state index contributed by atoms with van der Waals surface area (Å²) in [7, 11) is 0. The maximum absolute atomic E-state index is 12.1. The van der Waals surface area contributed by atoms with E-state index in [1.165, 1.54) is 6.20 Å². The molecule has 1 fully saturated rings. The van der Waals surface area contributed by atoms with Gasteiger partial charge in [0, 0.05) is 6.20 Å². The average molecular weight is 278 g/mol. The van der Waals surface area contributed by atoms with Crippen LogP contribution in [-0.2, 0) is 0 Å². The Bertz CT molecular complexity index is 498. The zero-order chi connectivity index (χ0) is 13.9. The number of rotatable bonds is 2. The lowest BCUT2D eigenvalue weighted by molar-refractivity contribution is 0.0889. The van der Waals surface area contributed by atoms with Crippen molar-refractivity contribution in [2.75, 3.05) is 0 Å². The monoisotopic (exact) mass is 277 g/mol. The van der Waals surface area contributed by atoms with E-state index in [0.29, 0.717) is 23.8 Å². The van der Waals surface area contributed by atoms with Crippen molar-refractivity contribution < 1.29 is 4.79 Å². The van der Waals surface area contributed by atoms with E-state index in [4.69, 9.17) is 11.6 Å². The van der Waals surface area contributed by atoms with E-state index in [9.17, 15) is 10.1 Å². The van der Waals surface area contributed by atoms with Crippen LogP contribution in [0.3, 0.4) is 0 Å². The highest BCUT2D eigenvalue weighted by atomic mass is 35.5. The van der Waals surface area contributed by atoms with Crippen molar-refractivity contribution in [1.29, 1.82) is 5.26 Å². The summed E-state index contributed by atoms with van der Waals surface area (Å²) in [6.45, 7) is 2.17. The lowest BCUT2D eigenvalue weighted by Gasteiger charge is -2.34. The van der Waals surface area contributed by atoms with Crippen molar-refractivity contribution in [1.82, 2.24) is 10.3 Å². The highest BCUT2D eigenvalue weighted by Crippen LogP contribution is 2.31. The summed E-state index contributed by atoms with van der Waals surface area (Å²) < 4.78 is 0. The minimum atomic E-state index is -0.745. The van der Waals surface area contributed by atoms with Crippen LogP contribution >= 0.6 is 11.6 Å². The van der Waals surface area contributed by atoms with Crippen LogP contribution < -0.4 is 5.32 Å². The SMILES string of the molecule is CC1CCC(C#N)(NC(=O)c2ccc(Cl)cn2)CC1. The first-order chi connectivity index (χ1) is 9.04. The Hall–Kier alpha value is -1.60. The van der Waals surface area contributed by atoms with Gasteiger partial charge in [0.25, 0.3) is 5.91 Å². The van der Waals surface area contributed by atoms with Gasteiger partial charge in [-0.25, -0.2) is 4.98 Å². The van der Waals surface area contributed by atoms with Gasteiger partial charge >= 0.3 is 0 Å². The highest BCUT2D eigenvalue weighted by Gasteiger charge is 2.36. The first-order valence-electron chi connectivity index (χ1n) is 6.40. The molecule has 1 saturated carbocycles. The minimum Gasteiger partial charge on any atom is -0.332 e. The van der Waals surface area contributed by atoms with Gasteiger partial charge in [-0.05, 0) is 43.7 Å². The van der Waals surface area contributed by atoms with E-state index >= 15 is 0 Å². The zero-order valence-electron chi connectivity index (χ0n) is 10.8. The molecule has 0 aromatic carbocycles. The normalized spacial score (nSPS) is 26.5. The molecule has 1 aliphatic carbocycles. The van der Waals surface area contributed by atoms with Crippen LogP contribution in [0.5, 0.6) is 0 Å². The molecule has 1 aromatic heterocycles. The lowest BCUT2D eigenvalue weighted by atomic mass is 9.78. The predicted molar refractivity (Wildman–Crippen MR) is 72.7 cm³/mol. The zero-order valence-corrected chi connectivity index (χ0v) is 11.6. The van der Waals surface area contributed by atoms with Crippen molar-refractivity contribution in [2.24, 2.45) is 5.92 Å². The van der Waals surface area contributed by atoms with Crippen molar-refractivity contribution >= 4 is 17.5 Å². The molecule has 100 valence electrons. The Kier molecular flexibility index (Phi) is 4.06. The molecule has 2 rings (SSSR count).